The second kappa shape index (κ2) is 8.66. The molecule has 0 saturated carbocycles. The maximum Gasteiger partial charge on any atom is 0.251 e. The molecule has 0 aliphatic carbocycles. The highest BCUT2D eigenvalue weighted by atomic mass is 32.2. The predicted octanol–water partition coefficient (Wildman–Crippen LogP) is 1.52. The molecular weight excluding hydrogens is 380 g/mol. The van der Waals surface area contributed by atoms with Crippen LogP contribution in [0, 0.1) is 6.92 Å². The monoisotopic (exact) mass is 404 g/mol. The zero-order valence-corrected chi connectivity index (χ0v) is 16.8. The Kier molecular flexibility index (Phi) is 6.25. The van der Waals surface area contributed by atoms with Gasteiger partial charge in [-0.3, -0.25) is 14.8 Å². The van der Waals surface area contributed by atoms with Gasteiger partial charge in [0.1, 0.15) is 11.9 Å². The van der Waals surface area contributed by atoms with E-state index in [1.807, 2.05) is 6.92 Å². The third-order valence-corrected chi connectivity index (χ3v) is 5.84. The van der Waals surface area contributed by atoms with E-state index < -0.39 is 10.0 Å². The highest BCUT2D eigenvalue weighted by Crippen LogP contribution is 2.21. The molecule has 28 heavy (non-hydrogen) atoms. The van der Waals surface area contributed by atoms with Crippen LogP contribution in [0.5, 0.6) is 5.75 Å². The minimum Gasteiger partial charge on any atom is -0.490 e. The molecule has 9 heteroatoms. The lowest BCUT2D eigenvalue weighted by Crippen LogP contribution is -2.41. The molecule has 0 spiro atoms. The number of piperidine rings is 1. The van der Waals surface area contributed by atoms with E-state index >= 15 is 0 Å². The van der Waals surface area contributed by atoms with Gasteiger partial charge < -0.3 is 10.1 Å². The Balaban J connectivity index is 1.55. The molecule has 1 aliphatic rings. The summed E-state index contributed by atoms with van der Waals surface area (Å²) in [6.07, 6.45) is 5.69. The average molecular weight is 404 g/mol. The Hall–Kier alpha value is -2.52. The summed E-state index contributed by atoms with van der Waals surface area (Å²) in [6.45, 7) is 3.04. The largest absolute Gasteiger partial charge is 0.490 e. The van der Waals surface area contributed by atoms with Crippen molar-refractivity contribution in [2.24, 2.45) is 0 Å². The van der Waals surface area contributed by atoms with E-state index in [4.69, 9.17) is 4.74 Å². The number of benzene rings is 1. The lowest BCUT2D eigenvalue weighted by Gasteiger charge is -2.30. The van der Waals surface area contributed by atoms with E-state index in [1.165, 1.54) is 10.6 Å². The molecule has 1 fully saturated rings. The van der Waals surface area contributed by atoms with Crippen molar-refractivity contribution in [3.63, 3.8) is 0 Å². The van der Waals surface area contributed by atoms with Crippen LogP contribution in [0.2, 0.25) is 0 Å². The third kappa shape index (κ3) is 5.49. The van der Waals surface area contributed by atoms with Crippen LogP contribution < -0.4 is 10.1 Å². The summed E-state index contributed by atoms with van der Waals surface area (Å²) < 4.78 is 30.6. The fraction of sp³-hybridized carbons (Fsp3) is 0.421. The fourth-order valence-electron chi connectivity index (χ4n) is 2.97. The highest BCUT2D eigenvalue weighted by Gasteiger charge is 2.26. The number of ether oxygens (including phenoxy) is 1. The average Bonchev–Trinajstić information content (AvgIpc) is 2.67. The molecule has 0 bridgehead atoms. The smallest absolute Gasteiger partial charge is 0.251 e. The van der Waals surface area contributed by atoms with Gasteiger partial charge in [0, 0.05) is 24.8 Å². The molecule has 1 amide bonds. The molecule has 1 saturated heterocycles. The number of carbonyl (C=O) groups excluding carboxylic acids is 1. The second-order valence-corrected chi connectivity index (χ2v) is 8.82. The molecule has 1 N–H and O–H groups in total. The van der Waals surface area contributed by atoms with Gasteiger partial charge in [0.25, 0.3) is 5.91 Å². The molecule has 1 aromatic heterocycles. The van der Waals surface area contributed by atoms with Crippen LogP contribution in [0.15, 0.2) is 36.7 Å². The number of aryl methyl sites for hydroxylation is 1. The van der Waals surface area contributed by atoms with Crippen molar-refractivity contribution < 1.29 is 17.9 Å². The van der Waals surface area contributed by atoms with E-state index in [2.05, 4.69) is 15.3 Å². The van der Waals surface area contributed by atoms with E-state index in [0.29, 0.717) is 49.5 Å². The minimum atomic E-state index is -3.16. The van der Waals surface area contributed by atoms with E-state index in [-0.39, 0.29) is 12.0 Å². The molecule has 2 heterocycles. The number of amides is 1. The van der Waals surface area contributed by atoms with Gasteiger partial charge in [0.15, 0.2) is 0 Å². The van der Waals surface area contributed by atoms with Crippen LogP contribution in [-0.4, -0.2) is 54.0 Å². The molecule has 0 atom stereocenters. The van der Waals surface area contributed by atoms with E-state index in [1.54, 1.807) is 36.7 Å². The Bertz CT molecular complexity index is 923. The first kappa shape index (κ1) is 20.2. The fourth-order valence-corrected chi connectivity index (χ4v) is 3.84. The van der Waals surface area contributed by atoms with Crippen LogP contribution in [0.1, 0.15) is 34.6 Å². The van der Waals surface area contributed by atoms with Crippen molar-refractivity contribution in [1.82, 2.24) is 19.6 Å². The van der Waals surface area contributed by atoms with Gasteiger partial charge in [0.05, 0.1) is 30.4 Å². The van der Waals surface area contributed by atoms with Crippen LogP contribution in [0.4, 0.5) is 0 Å². The molecule has 2 aromatic rings. The Morgan fingerprint density at radius 2 is 2.00 bits per heavy atom. The van der Waals surface area contributed by atoms with Gasteiger partial charge in [-0.2, -0.15) is 0 Å². The van der Waals surface area contributed by atoms with Crippen molar-refractivity contribution in [2.75, 3.05) is 19.3 Å². The number of sulfonamides is 1. The van der Waals surface area contributed by atoms with Gasteiger partial charge in [-0.1, -0.05) is 6.07 Å². The molecule has 150 valence electrons. The van der Waals surface area contributed by atoms with Crippen molar-refractivity contribution >= 4 is 15.9 Å². The number of nitrogens with one attached hydrogen (secondary N) is 1. The van der Waals surface area contributed by atoms with Crippen molar-refractivity contribution in [3.05, 3.63) is 53.6 Å². The van der Waals surface area contributed by atoms with Gasteiger partial charge >= 0.3 is 0 Å². The molecule has 8 nitrogen and oxygen atoms in total. The summed E-state index contributed by atoms with van der Waals surface area (Å²) in [5, 5.41) is 2.82. The van der Waals surface area contributed by atoms with Crippen LogP contribution >= 0.6 is 0 Å². The number of rotatable bonds is 6. The number of aromatic nitrogens is 2. The number of hydrogen-bond donors (Lipinski definition) is 1. The first-order valence-corrected chi connectivity index (χ1v) is 10.9. The molecular formula is C19H24N4O4S. The quantitative estimate of drug-likeness (QED) is 0.783. The normalized spacial score (nSPS) is 15.9. The summed E-state index contributed by atoms with van der Waals surface area (Å²) >= 11 is 0. The lowest BCUT2D eigenvalue weighted by atomic mass is 10.1. The second-order valence-electron chi connectivity index (χ2n) is 6.84. The Morgan fingerprint density at radius 1 is 1.25 bits per heavy atom. The van der Waals surface area contributed by atoms with E-state index in [0.717, 1.165) is 5.69 Å². The summed E-state index contributed by atoms with van der Waals surface area (Å²) in [6, 6.07) is 6.97. The maximum atomic E-state index is 12.4. The molecule has 1 aliphatic heterocycles. The predicted molar refractivity (Wildman–Crippen MR) is 104 cm³/mol. The summed E-state index contributed by atoms with van der Waals surface area (Å²) in [5.41, 5.74) is 2.00. The van der Waals surface area contributed by atoms with Crippen molar-refractivity contribution in [2.45, 2.75) is 32.4 Å². The highest BCUT2D eigenvalue weighted by molar-refractivity contribution is 7.88. The Morgan fingerprint density at radius 3 is 2.64 bits per heavy atom. The van der Waals surface area contributed by atoms with Gasteiger partial charge in [-0.15, -0.1) is 0 Å². The van der Waals surface area contributed by atoms with Gasteiger partial charge in [-0.05, 0) is 38.0 Å². The SMILES string of the molecule is Cc1cnc(CNC(=O)c2cccc(OC3CCN(S(C)(=O)=O)CC3)c2)cn1. The van der Waals surface area contributed by atoms with Crippen molar-refractivity contribution in [1.29, 1.82) is 0 Å². The van der Waals surface area contributed by atoms with Gasteiger partial charge in [0.2, 0.25) is 10.0 Å². The first-order valence-electron chi connectivity index (χ1n) is 9.09. The topological polar surface area (TPSA) is 101 Å². The number of hydrogen-bond acceptors (Lipinski definition) is 6. The summed E-state index contributed by atoms with van der Waals surface area (Å²) in [4.78, 5) is 20.8. The van der Waals surface area contributed by atoms with Crippen LogP contribution in [0.3, 0.4) is 0 Å². The molecule has 0 radical (unpaired) electrons. The zero-order valence-electron chi connectivity index (χ0n) is 16.0. The third-order valence-electron chi connectivity index (χ3n) is 4.53. The van der Waals surface area contributed by atoms with Crippen molar-refractivity contribution in [3.8, 4) is 5.75 Å². The molecule has 0 unspecified atom stereocenters. The first-order chi connectivity index (χ1) is 13.3. The molecule has 1 aromatic carbocycles. The van der Waals surface area contributed by atoms with Crippen LogP contribution in [-0.2, 0) is 16.6 Å². The number of carbonyl (C=O) groups is 1. The minimum absolute atomic E-state index is 0.0702. The Labute approximate surface area is 165 Å². The zero-order chi connectivity index (χ0) is 20.1. The van der Waals surface area contributed by atoms with Crippen LogP contribution in [0.25, 0.3) is 0 Å². The summed E-state index contributed by atoms with van der Waals surface area (Å²) in [5.74, 6) is 0.375. The lowest BCUT2D eigenvalue weighted by molar-refractivity contribution is 0.0948. The maximum absolute atomic E-state index is 12.4. The van der Waals surface area contributed by atoms with Gasteiger partial charge in [-0.25, -0.2) is 12.7 Å². The summed E-state index contributed by atoms with van der Waals surface area (Å²) in [7, 11) is -3.16. The van der Waals surface area contributed by atoms with E-state index in [9.17, 15) is 13.2 Å². The number of nitrogens with zero attached hydrogens (tertiary/aromatic N) is 3. The molecule has 3 rings (SSSR count). The standard InChI is InChI=1S/C19H24N4O4S/c1-14-11-21-16(12-20-14)13-22-19(24)15-4-3-5-18(10-15)27-17-6-8-23(9-7-17)28(2,25)26/h3-5,10-12,17H,6-9,13H2,1-2H3,(H,22,24).